The maximum Gasteiger partial charge on any atom is 0.0888 e. The molecule has 0 saturated carbocycles. The number of fused-ring (bicyclic) bond motifs is 1. The summed E-state index contributed by atoms with van der Waals surface area (Å²) in [5, 5.41) is 2.39. The fourth-order valence-corrected chi connectivity index (χ4v) is 1.70. The Balaban J connectivity index is 2.70. The van der Waals surface area contributed by atoms with E-state index in [0.717, 1.165) is 11.4 Å². The number of hydrogen-bond donors (Lipinski definition) is 0. The molecule has 0 heterocycles. The van der Waals surface area contributed by atoms with E-state index in [0.29, 0.717) is 0 Å². The fraction of sp³-hybridized carbons (Fsp3) is 0.143. The van der Waals surface area contributed by atoms with Crippen molar-refractivity contribution in [2.24, 2.45) is 9.98 Å². The number of benzene rings is 2. The molecule has 2 aromatic carbocycles. The number of rotatable bonds is 2. The van der Waals surface area contributed by atoms with Gasteiger partial charge in [-0.3, -0.25) is 9.98 Å². The van der Waals surface area contributed by atoms with E-state index in [-0.39, 0.29) is 0 Å². The maximum absolute atomic E-state index is 4.34. The monoisotopic (exact) mass is 210 g/mol. The minimum absolute atomic E-state index is 0.916. The van der Waals surface area contributed by atoms with Crippen molar-refractivity contribution in [1.82, 2.24) is 0 Å². The normalized spacial score (nSPS) is 11.9. The summed E-state index contributed by atoms with van der Waals surface area (Å²) in [4.78, 5) is 8.67. The van der Waals surface area contributed by atoms with Gasteiger partial charge in [-0.25, -0.2) is 0 Å². The lowest BCUT2D eigenvalue weighted by atomic mass is 10.1. The van der Waals surface area contributed by atoms with Crippen LogP contribution in [0.2, 0.25) is 0 Å². The molecule has 0 bridgehead atoms. The minimum atomic E-state index is 0.916. The van der Waals surface area contributed by atoms with E-state index in [4.69, 9.17) is 0 Å². The molecular formula is C14H14N2. The van der Waals surface area contributed by atoms with Gasteiger partial charge in [-0.05, 0) is 36.8 Å². The summed E-state index contributed by atoms with van der Waals surface area (Å²) < 4.78 is 0. The Morgan fingerprint density at radius 2 is 1.25 bits per heavy atom. The first-order valence-electron chi connectivity index (χ1n) is 5.35. The minimum Gasteiger partial charge on any atom is -0.259 e. The summed E-state index contributed by atoms with van der Waals surface area (Å²) in [7, 11) is 0. The van der Waals surface area contributed by atoms with Crippen LogP contribution in [-0.2, 0) is 0 Å². The summed E-state index contributed by atoms with van der Waals surface area (Å²) in [5.41, 5.74) is 1.83. The third-order valence-electron chi connectivity index (χ3n) is 2.38. The van der Waals surface area contributed by atoms with Crippen LogP contribution in [0.4, 0.5) is 11.4 Å². The van der Waals surface area contributed by atoms with Crippen molar-refractivity contribution in [1.29, 1.82) is 0 Å². The van der Waals surface area contributed by atoms with Crippen molar-refractivity contribution in [2.45, 2.75) is 13.8 Å². The van der Waals surface area contributed by atoms with Gasteiger partial charge in [0.05, 0.1) is 11.4 Å². The van der Waals surface area contributed by atoms with Gasteiger partial charge in [-0.2, -0.15) is 0 Å². The standard InChI is InChI=1S/C14H14N2/c1-3-15-13-9-11-7-5-6-8-12(11)10-14(13)16-4-2/h3-10H,1-2H3/b15-3+,16-4+. The second kappa shape index (κ2) is 4.71. The summed E-state index contributed by atoms with van der Waals surface area (Å²) in [5.74, 6) is 0. The average molecular weight is 210 g/mol. The van der Waals surface area contributed by atoms with Crippen LogP contribution >= 0.6 is 0 Å². The van der Waals surface area contributed by atoms with E-state index in [2.05, 4.69) is 34.3 Å². The zero-order valence-electron chi connectivity index (χ0n) is 9.51. The molecule has 80 valence electrons. The smallest absolute Gasteiger partial charge is 0.0888 e. The van der Waals surface area contributed by atoms with E-state index >= 15 is 0 Å². The molecule has 0 unspecified atom stereocenters. The van der Waals surface area contributed by atoms with Crippen molar-refractivity contribution < 1.29 is 0 Å². The average Bonchev–Trinajstić information content (AvgIpc) is 2.30. The molecule has 2 heteroatoms. The quantitative estimate of drug-likeness (QED) is 0.661. The highest BCUT2D eigenvalue weighted by molar-refractivity contribution is 5.91. The Hall–Kier alpha value is -1.96. The van der Waals surface area contributed by atoms with Crippen molar-refractivity contribution >= 4 is 34.6 Å². The lowest BCUT2D eigenvalue weighted by molar-refractivity contribution is 1.47. The number of nitrogens with zero attached hydrogens (tertiary/aromatic N) is 2. The topological polar surface area (TPSA) is 24.7 Å². The second-order valence-corrected chi connectivity index (χ2v) is 3.46. The third kappa shape index (κ3) is 2.01. The molecule has 0 aromatic heterocycles. The van der Waals surface area contributed by atoms with Crippen molar-refractivity contribution in [3.8, 4) is 0 Å². The summed E-state index contributed by atoms with van der Waals surface area (Å²) in [6.07, 6.45) is 3.58. The first kappa shape index (κ1) is 10.6. The first-order valence-corrected chi connectivity index (χ1v) is 5.35. The van der Waals surface area contributed by atoms with Crippen molar-refractivity contribution in [3.05, 3.63) is 36.4 Å². The molecule has 2 rings (SSSR count). The SMILES string of the molecule is C/C=N/c1cc2ccccc2cc1/N=C/C. The number of aliphatic imine (C=N–C) groups is 2. The van der Waals surface area contributed by atoms with Crippen LogP contribution in [0.15, 0.2) is 46.4 Å². The Kier molecular flexibility index (Phi) is 3.10. The largest absolute Gasteiger partial charge is 0.259 e. The molecule has 0 N–H and O–H groups in total. The molecule has 0 aliphatic heterocycles. The molecule has 2 aromatic rings. The lowest BCUT2D eigenvalue weighted by Gasteiger charge is -2.03. The summed E-state index contributed by atoms with van der Waals surface area (Å²) >= 11 is 0. The van der Waals surface area contributed by atoms with E-state index in [1.54, 1.807) is 12.4 Å². The van der Waals surface area contributed by atoms with Gasteiger partial charge in [0.15, 0.2) is 0 Å². The van der Waals surface area contributed by atoms with Crippen molar-refractivity contribution in [3.63, 3.8) is 0 Å². The van der Waals surface area contributed by atoms with Gasteiger partial charge >= 0.3 is 0 Å². The zero-order chi connectivity index (χ0) is 11.4. The molecule has 0 aliphatic rings. The van der Waals surface area contributed by atoms with E-state index < -0.39 is 0 Å². The van der Waals surface area contributed by atoms with E-state index in [1.165, 1.54) is 10.8 Å². The number of hydrogen-bond acceptors (Lipinski definition) is 2. The van der Waals surface area contributed by atoms with Crippen LogP contribution in [0.3, 0.4) is 0 Å². The predicted molar refractivity (Wildman–Crippen MR) is 71.6 cm³/mol. The van der Waals surface area contributed by atoms with Gasteiger partial charge in [0, 0.05) is 12.4 Å². The molecule has 0 saturated heterocycles. The molecule has 0 atom stereocenters. The highest BCUT2D eigenvalue weighted by atomic mass is 14.8. The molecule has 0 fully saturated rings. The van der Waals surface area contributed by atoms with Crippen LogP contribution < -0.4 is 0 Å². The van der Waals surface area contributed by atoms with Crippen LogP contribution in [0, 0.1) is 0 Å². The van der Waals surface area contributed by atoms with Gasteiger partial charge in [0.25, 0.3) is 0 Å². The Labute approximate surface area is 95.4 Å². The predicted octanol–water partition coefficient (Wildman–Crippen LogP) is 4.28. The molecule has 0 spiro atoms. The molecular weight excluding hydrogens is 196 g/mol. The van der Waals surface area contributed by atoms with Crippen LogP contribution in [0.1, 0.15) is 13.8 Å². The van der Waals surface area contributed by atoms with Crippen molar-refractivity contribution in [2.75, 3.05) is 0 Å². The lowest BCUT2D eigenvalue weighted by Crippen LogP contribution is -1.75. The van der Waals surface area contributed by atoms with Gasteiger partial charge < -0.3 is 0 Å². The van der Waals surface area contributed by atoms with Crippen LogP contribution in [0.5, 0.6) is 0 Å². The van der Waals surface area contributed by atoms with E-state index in [1.807, 2.05) is 26.0 Å². The molecule has 0 radical (unpaired) electrons. The highest BCUT2D eigenvalue weighted by Crippen LogP contribution is 2.32. The molecule has 0 aliphatic carbocycles. The van der Waals surface area contributed by atoms with Gasteiger partial charge in [0.2, 0.25) is 0 Å². The highest BCUT2D eigenvalue weighted by Gasteiger charge is 2.01. The van der Waals surface area contributed by atoms with Crippen LogP contribution in [0.25, 0.3) is 10.8 Å². The molecule has 0 amide bonds. The summed E-state index contributed by atoms with van der Waals surface area (Å²) in [6.45, 7) is 3.82. The molecule has 2 nitrogen and oxygen atoms in total. The van der Waals surface area contributed by atoms with E-state index in [9.17, 15) is 0 Å². The van der Waals surface area contributed by atoms with Gasteiger partial charge in [-0.15, -0.1) is 0 Å². The first-order chi connectivity index (χ1) is 7.85. The summed E-state index contributed by atoms with van der Waals surface area (Å²) in [6, 6.07) is 12.4. The molecule has 16 heavy (non-hydrogen) atoms. The fourth-order valence-electron chi connectivity index (χ4n) is 1.70. The van der Waals surface area contributed by atoms with Gasteiger partial charge in [0.1, 0.15) is 0 Å². The Morgan fingerprint density at radius 1 is 0.812 bits per heavy atom. The Morgan fingerprint density at radius 3 is 1.62 bits per heavy atom. The zero-order valence-corrected chi connectivity index (χ0v) is 9.51. The van der Waals surface area contributed by atoms with Gasteiger partial charge in [-0.1, -0.05) is 24.3 Å². The second-order valence-electron chi connectivity index (χ2n) is 3.46. The Bertz CT molecular complexity index is 503. The maximum atomic E-state index is 4.34. The third-order valence-corrected chi connectivity index (χ3v) is 2.38. The van der Waals surface area contributed by atoms with Crippen LogP contribution in [-0.4, -0.2) is 12.4 Å².